The summed E-state index contributed by atoms with van der Waals surface area (Å²) >= 11 is 12.5. The number of fused-ring (bicyclic) bond motifs is 1. The molecule has 4 rings (SSSR count). The Bertz CT molecular complexity index is 1140. The van der Waals surface area contributed by atoms with Gasteiger partial charge < -0.3 is 5.11 Å². The number of anilines is 1. The van der Waals surface area contributed by atoms with Gasteiger partial charge in [0.25, 0.3) is 0 Å². The molecule has 2 aromatic carbocycles. The second-order valence-electron chi connectivity index (χ2n) is 6.12. The van der Waals surface area contributed by atoms with Crippen LogP contribution >= 0.6 is 23.4 Å². The van der Waals surface area contributed by atoms with E-state index in [9.17, 15) is 9.90 Å². The predicted octanol–water partition coefficient (Wildman–Crippen LogP) is 4.91. The van der Waals surface area contributed by atoms with Crippen LogP contribution in [0.3, 0.4) is 0 Å². The lowest BCUT2D eigenvalue weighted by molar-refractivity contribution is 0.0690. The van der Waals surface area contributed by atoms with Gasteiger partial charge in [0, 0.05) is 34.5 Å². The first kappa shape index (κ1) is 18.3. The maximum absolute atomic E-state index is 11.4. The summed E-state index contributed by atoms with van der Waals surface area (Å²) in [7, 11) is 0. The number of hydrogen-bond donors (Lipinski definition) is 1. The molecule has 0 radical (unpaired) electrons. The Balaban J connectivity index is 1.84. The number of carboxylic acid groups (broad SMARTS) is 1. The van der Waals surface area contributed by atoms with Gasteiger partial charge in [-0.05, 0) is 17.7 Å². The summed E-state index contributed by atoms with van der Waals surface area (Å²) in [6.07, 6.45) is 0. The number of carboxylic acids is 1. The Morgan fingerprint density at radius 2 is 1.79 bits per heavy atom. The molecule has 140 valence electrons. The van der Waals surface area contributed by atoms with Gasteiger partial charge in [-0.15, -0.1) is 0 Å². The maximum atomic E-state index is 11.4. The molecule has 0 aliphatic rings. The Labute approximate surface area is 170 Å². The SMILES string of the molecule is O=C(O)c1cc2nc(-c3ccc(Cl)cc3)cc(N(Cl)Cc3ccccc3)n2n1. The van der Waals surface area contributed by atoms with Gasteiger partial charge in [-0.3, -0.25) is 4.42 Å². The van der Waals surface area contributed by atoms with Crippen LogP contribution in [0.25, 0.3) is 16.9 Å². The van der Waals surface area contributed by atoms with Gasteiger partial charge in [-0.2, -0.15) is 9.61 Å². The summed E-state index contributed by atoms with van der Waals surface area (Å²) in [5, 5.41) is 14.1. The highest BCUT2D eigenvalue weighted by Crippen LogP contribution is 2.28. The molecule has 0 saturated carbocycles. The number of benzene rings is 2. The number of rotatable bonds is 5. The Kier molecular flexibility index (Phi) is 4.90. The number of aromatic carboxylic acids is 1. The predicted molar refractivity (Wildman–Crippen MR) is 109 cm³/mol. The number of nitrogens with zero attached hydrogens (tertiary/aromatic N) is 4. The molecule has 0 unspecified atom stereocenters. The molecule has 0 fully saturated rings. The molecule has 0 atom stereocenters. The lowest BCUT2D eigenvalue weighted by atomic mass is 10.1. The molecule has 1 N–H and O–H groups in total. The van der Waals surface area contributed by atoms with Crippen LogP contribution in [0.4, 0.5) is 5.82 Å². The minimum atomic E-state index is -1.13. The van der Waals surface area contributed by atoms with E-state index in [0.717, 1.165) is 11.1 Å². The normalized spacial score (nSPS) is 10.9. The van der Waals surface area contributed by atoms with Crippen molar-refractivity contribution in [3.8, 4) is 11.3 Å². The highest BCUT2D eigenvalue weighted by molar-refractivity contribution is 6.30. The zero-order valence-corrected chi connectivity index (χ0v) is 16.0. The first-order chi connectivity index (χ1) is 13.5. The zero-order valence-electron chi connectivity index (χ0n) is 14.5. The Morgan fingerprint density at radius 1 is 1.07 bits per heavy atom. The van der Waals surface area contributed by atoms with Crippen LogP contribution in [0.1, 0.15) is 16.1 Å². The smallest absolute Gasteiger partial charge is 0.356 e. The van der Waals surface area contributed by atoms with Crippen LogP contribution in [0.5, 0.6) is 0 Å². The topological polar surface area (TPSA) is 70.7 Å². The summed E-state index contributed by atoms with van der Waals surface area (Å²) in [4.78, 5) is 15.9. The van der Waals surface area contributed by atoms with Crippen LogP contribution < -0.4 is 4.42 Å². The highest BCUT2D eigenvalue weighted by Gasteiger charge is 2.18. The molecule has 0 aliphatic carbocycles. The molecule has 0 amide bonds. The second-order valence-corrected chi connectivity index (χ2v) is 6.96. The standard InChI is InChI=1S/C20H14Cl2N4O2/c21-15-8-6-14(7-9-15)16-11-19(25(22)12-13-4-2-1-3-5-13)26-18(23-16)10-17(24-26)20(27)28/h1-11H,12H2,(H,27,28). The summed E-state index contributed by atoms with van der Waals surface area (Å²) in [6, 6.07) is 20.1. The van der Waals surface area contributed by atoms with Crippen LogP contribution in [-0.2, 0) is 6.54 Å². The third-order valence-electron chi connectivity index (χ3n) is 4.18. The van der Waals surface area contributed by atoms with E-state index in [1.54, 1.807) is 18.2 Å². The average Bonchev–Trinajstić information content (AvgIpc) is 3.13. The van der Waals surface area contributed by atoms with E-state index >= 15 is 0 Å². The first-order valence-corrected chi connectivity index (χ1v) is 9.10. The molecule has 0 saturated heterocycles. The summed E-state index contributed by atoms with van der Waals surface area (Å²) in [5.41, 5.74) is 2.75. The van der Waals surface area contributed by atoms with Crippen molar-refractivity contribution in [1.29, 1.82) is 0 Å². The summed E-state index contributed by atoms with van der Waals surface area (Å²) in [5.74, 6) is -0.623. The molecule has 4 aromatic rings. The number of halogens is 2. The van der Waals surface area contributed by atoms with E-state index in [2.05, 4.69) is 10.1 Å². The van der Waals surface area contributed by atoms with Crippen molar-refractivity contribution in [3.05, 3.63) is 83.0 Å². The van der Waals surface area contributed by atoms with Crippen LogP contribution in [-0.4, -0.2) is 25.7 Å². The minimum absolute atomic E-state index is 0.105. The fourth-order valence-electron chi connectivity index (χ4n) is 2.83. The van der Waals surface area contributed by atoms with E-state index in [1.807, 2.05) is 42.5 Å². The van der Waals surface area contributed by atoms with Gasteiger partial charge in [0.05, 0.1) is 12.2 Å². The highest BCUT2D eigenvalue weighted by atomic mass is 35.5. The lowest BCUT2D eigenvalue weighted by Crippen LogP contribution is -2.15. The zero-order chi connectivity index (χ0) is 19.7. The van der Waals surface area contributed by atoms with Crippen LogP contribution in [0.2, 0.25) is 5.02 Å². The van der Waals surface area contributed by atoms with Crippen molar-refractivity contribution in [3.63, 3.8) is 0 Å². The van der Waals surface area contributed by atoms with Gasteiger partial charge >= 0.3 is 5.97 Å². The molecule has 0 spiro atoms. The molecule has 8 heteroatoms. The van der Waals surface area contributed by atoms with Crippen LogP contribution in [0.15, 0.2) is 66.7 Å². The minimum Gasteiger partial charge on any atom is -0.476 e. The quantitative estimate of drug-likeness (QED) is 0.471. The van der Waals surface area contributed by atoms with Crippen molar-refractivity contribution in [2.24, 2.45) is 0 Å². The van der Waals surface area contributed by atoms with Crippen molar-refractivity contribution in [2.75, 3.05) is 4.42 Å². The first-order valence-electron chi connectivity index (χ1n) is 8.38. The fourth-order valence-corrected chi connectivity index (χ4v) is 3.21. The Hall–Kier alpha value is -3.09. The fraction of sp³-hybridized carbons (Fsp3) is 0.0500. The molecule has 0 bridgehead atoms. The summed E-state index contributed by atoms with van der Waals surface area (Å²) in [6.45, 7) is 0.407. The van der Waals surface area contributed by atoms with Crippen molar-refractivity contribution >= 4 is 40.8 Å². The van der Waals surface area contributed by atoms with Crippen molar-refractivity contribution < 1.29 is 9.90 Å². The molecular weight excluding hydrogens is 399 g/mol. The molecule has 2 heterocycles. The number of carbonyl (C=O) groups is 1. The molecule has 2 aromatic heterocycles. The molecule has 6 nitrogen and oxygen atoms in total. The largest absolute Gasteiger partial charge is 0.476 e. The van der Waals surface area contributed by atoms with E-state index in [4.69, 9.17) is 23.4 Å². The number of hydrogen-bond acceptors (Lipinski definition) is 4. The molecule has 28 heavy (non-hydrogen) atoms. The monoisotopic (exact) mass is 412 g/mol. The van der Waals surface area contributed by atoms with E-state index in [-0.39, 0.29) is 5.69 Å². The average molecular weight is 413 g/mol. The van der Waals surface area contributed by atoms with Crippen molar-refractivity contribution in [2.45, 2.75) is 6.54 Å². The Morgan fingerprint density at radius 3 is 2.46 bits per heavy atom. The third-order valence-corrected chi connectivity index (χ3v) is 4.72. The van der Waals surface area contributed by atoms with E-state index < -0.39 is 5.97 Å². The van der Waals surface area contributed by atoms with E-state index in [1.165, 1.54) is 15.0 Å². The van der Waals surface area contributed by atoms with E-state index in [0.29, 0.717) is 28.7 Å². The van der Waals surface area contributed by atoms with Gasteiger partial charge in [0.1, 0.15) is 5.82 Å². The van der Waals surface area contributed by atoms with Crippen molar-refractivity contribution in [1.82, 2.24) is 14.6 Å². The summed E-state index contributed by atoms with van der Waals surface area (Å²) < 4.78 is 2.92. The van der Waals surface area contributed by atoms with Gasteiger partial charge in [0.2, 0.25) is 0 Å². The number of aromatic nitrogens is 3. The lowest BCUT2D eigenvalue weighted by Gasteiger charge is -2.18. The molecule has 0 aliphatic heterocycles. The maximum Gasteiger partial charge on any atom is 0.356 e. The van der Waals surface area contributed by atoms with Gasteiger partial charge in [-0.1, -0.05) is 54.1 Å². The second kappa shape index (κ2) is 7.50. The van der Waals surface area contributed by atoms with Crippen LogP contribution in [0, 0.1) is 0 Å². The third kappa shape index (κ3) is 3.65. The van der Waals surface area contributed by atoms with Gasteiger partial charge in [-0.25, -0.2) is 9.78 Å². The van der Waals surface area contributed by atoms with Gasteiger partial charge in [0.15, 0.2) is 11.3 Å². The molecular formula is C20H14Cl2N4O2.